The lowest BCUT2D eigenvalue weighted by atomic mass is 10.0. The van der Waals surface area contributed by atoms with Crippen molar-refractivity contribution >= 4 is 11.6 Å². The largest absolute Gasteiger partial charge is 0.468 e. The SMILES string of the molecule is CC(c1ccccn1)C(Cl)c1ccco1. The Hall–Kier alpha value is -1.28. The molecule has 0 spiro atoms. The van der Waals surface area contributed by atoms with E-state index in [-0.39, 0.29) is 11.3 Å². The summed E-state index contributed by atoms with van der Waals surface area (Å²) in [6.45, 7) is 2.04. The minimum Gasteiger partial charge on any atom is -0.468 e. The Kier molecular flexibility index (Phi) is 3.07. The maximum Gasteiger partial charge on any atom is 0.122 e. The zero-order chi connectivity index (χ0) is 10.7. The quantitative estimate of drug-likeness (QED) is 0.738. The average molecular weight is 222 g/mol. The van der Waals surface area contributed by atoms with Crippen LogP contribution in [0.5, 0.6) is 0 Å². The van der Waals surface area contributed by atoms with Gasteiger partial charge in [0.1, 0.15) is 5.76 Å². The van der Waals surface area contributed by atoms with E-state index in [1.54, 1.807) is 12.5 Å². The normalized spacial score (nSPS) is 14.8. The molecule has 2 atom stereocenters. The standard InChI is InChI=1S/C12H12ClNO/c1-9(10-5-2-3-7-14-10)12(13)11-6-4-8-15-11/h2-9,12H,1H3. The van der Waals surface area contributed by atoms with Gasteiger partial charge in [-0.25, -0.2) is 0 Å². The Morgan fingerprint density at radius 3 is 2.73 bits per heavy atom. The first-order valence-electron chi connectivity index (χ1n) is 4.87. The van der Waals surface area contributed by atoms with E-state index in [1.165, 1.54) is 0 Å². The average Bonchev–Trinajstić information content (AvgIpc) is 2.82. The van der Waals surface area contributed by atoms with Gasteiger partial charge >= 0.3 is 0 Å². The van der Waals surface area contributed by atoms with Crippen molar-refractivity contribution in [3.63, 3.8) is 0 Å². The molecule has 0 N–H and O–H groups in total. The van der Waals surface area contributed by atoms with E-state index < -0.39 is 0 Å². The minimum absolute atomic E-state index is 0.138. The number of pyridine rings is 1. The molecule has 15 heavy (non-hydrogen) atoms. The highest BCUT2D eigenvalue weighted by atomic mass is 35.5. The van der Waals surface area contributed by atoms with Crippen molar-refractivity contribution in [3.8, 4) is 0 Å². The number of hydrogen-bond donors (Lipinski definition) is 0. The number of furan rings is 1. The van der Waals surface area contributed by atoms with Gasteiger partial charge in [-0.3, -0.25) is 4.98 Å². The van der Waals surface area contributed by atoms with Crippen LogP contribution in [-0.2, 0) is 0 Å². The van der Waals surface area contributed by atoms with Gasteiger partial charge in [-0.2, -0.15) is 0 Å². The lowest BCUT2D eigenvalue weighted by molar-refractivity contribution is 0.482. The fourth-order valence-corrected chi connectivity index (χ4v) is 1.74. The highest BCUT2D eigenvalue weighted by Gasteiger charge is 2.21. The van der Waals surface area contributed by atoms with Crippen LogP contribution in [-0.4, -0.2) is 4.98 Å². The van der Waals surface area contributed by atoms with Crippen molar-refractivity contribution in [2.75, 3.05) is 0 Å². The molecule has 3 heteroatoms. The molecular formula is C12H12ClNO. The van der Waals surface area contributed by atoms with Crippen molar-refractivity contribution < 1.29 is 4.42 Å². The van der Waals surface area contributed by atoms with Crippen LogP contribution in [0.1, 0.15) is 29.7 Å². The monoisotopic (exact) mass is 221 g/mol. The van der Waals surface area contributed by atoms with Crippen LogP contribution in [0.25, 0.3) is 0 Å². The third-order valence-corrected chi connectivity index (χ3v) is 3.00. The molecule has 0 aromatic carbocycles. The van der Waals surface area contributed by atoms with Gasteiger partial charge in [-0.15, -0.1) is 11.6 Å². The van der Waals surface area contributed by atoms with E-state index in [0.29, 0.717) is 0 Å². The Balaban J connectivity index is 2.18. The zero-order valence-electron chi connectivity index (χ0n) is 8.43. The summed E-state index contributed by atoms with van der Waals surface area (Å²) in [5.74, 6) is 0.925. The van der Waals surface area contributed by atoms with E-state index in [4.69, 9.17) is 16.0 Å². The molecule has 2 aromatic heterocycles. The van der Waals surface area contributed by atoms with Crippen molar-refractivity contribution in [2.24, 2.45) is 0 Å². The number of hydrogen-bond acceptors (Lipinski definition) is 2. The molecule has 0 aliphatic carbocycles. The molecule has 0 amide bonds. The molecule has 0 aliphatic heterocycles. The summed E-state index contributed by atoms with van der Waals surface area (Å²) in [4.78, 5) is 4.28. The number of aromatic nitrogens is 1. The van der Waals surface area contributed by atoms with Crippen molar-refractivity contribution in [3.05, 3.63) is 54.2 Å². The third kappa shape index (κ3) is 2.21. The van der Waals surface area contributed by atoms with Gasteiger partial charge in [0.15, 0.2) is 0 Å². The summed E-state index contributed by atoms with van der Waals surface area (Å²) in [6, 6.07) is 9.56. The van der Waals surface area contributed by atoms with Crippen LogP contribution >= 0.6 is 11.6 Å². The van der Waals surface area contributed by atoms with Crippen molar-refractivity contribution in [2.45, 2.75) is 18.2 Å². The summed E-state index contributed by atoms with van der Waals surface area (Å²) in [5, 5.41) is -0.171. The second-order valence-electron chi connectivity index (χ2n) is 3.46. The van der Waals surface area contributed by atoms with E-state index in [1.807, 2.05) is 37.3 Å². The molecule has 0 radical (unpaired) electrons. The van der Waals surface area contributed by atoms with Crippen molar-refractivity contribution in [1.29, 1.82) is 0 Å². The lowest BCUT2D eigenvalue weighted by Crippen LogP contribution is -2.03. The van der Waals surface area contributed by atoms with Gasteiger partial charge in [-0.05, 0) is 24.3 Å². The summed E-state index contributed by atoms with van der Waals surface area (Å²) in [5.41, 5.74) is 0.980. The molecular weight excluding hydrogens is 210 g/mol. The molecule has 2 unspecified atom stereocenters. The fraction of sp³-hybridized carbons (Fsp3) is 0.250. The number of rotatable bonds is 3. The van der Waals surface area contributed by atoms with Gasteiger partial charge in [-0.1, -0.05) is 13.0 Å². The second kappa shape index (κ2) is 4.49. The van der Waals surface area contributed by atoms with Crippen LogP contribution in [0.15, 0.2) is 47.2 Å². The maximum atomic E-state index is 6.30. The number of alkyl halides is 1. The molecule has 0 saturated heterocycles. The smallest absolute Gasteiger partial charge is 0.122 e. The van der Waals surface area contributed by atoms with Crippen LogP contribution in [0, 0.1) is 0 Å². The van der Waals surface area contributed by atoms with Crippen LogP contribution in [0.2, 0.25) is 0 Å². The van der Waals surface area contributed by atoms with E-state index in [2.05, 4.69) is 4.98 Å². The first-order chi connectivity index (χ1) is 7.29. The molecule has 2 heterocycles. The van der Waals surface area contributed by atoms with Crippen molar-refractivity contribution in [1.82, 2.24) is 4.98 Å². The predicted molar refractivity (Wildman–Crippen MR) is 60.0 cm³/mol. The van der Waals surface area contributed by atoms with Gasteiger partial charge in [0, 0.05) is 17.8 Å². The van der Waals surface area contributed by atoms with E-state index >= 15 is 0 Å². The predicted octanol–water partition coefficient (Wildman–Crippen LogP) is 3.76. The zero-order valence-corrected chi connectivity index (χ0v) is 9.19. The van der Waals surface area contributed by atoms with Crippen LogP contribution in [0.4, 0.5) is 0 Å². The maximum absolute atomic E-state index is 6.30. The Bertz CT molecular complexity index is 399. The van der Waals surface area contributed by atoms with E-state index in [9.17, 15) is 0 Å². The third-order valence-electron chi connectivity index (χ3n) is 2.41. The second-order valence-corrected chi connectivity index (χ2v) is 3.93. The van der Waals surface area contributed by atoms with Gasteiger partial charge in [0.25, 0.3) is 0 Å². The molecule has 0 fully saturated rings. The van der Waals surface area contributed by atoms with Crippen LogP contribution in [0.3, 0.4) is 0 Å². The first-order valence-corrected chi connectivity index (χ1v) is 5.31. The number of nitrogens with zero attached hydrogens (tertiary/aromatic N) is 1. The summed E-state index contributed by atoms with van der Waals surface area (Å²) in [7, 11) is 0. The Morgan fingerprint density at radius 2 is 2.13 bits per heavy atom. The number of halogens is 1. The highest BCUT2D eigenvalue weighted by Crippen LogP contribution is 2.34. The highest BCUT2D eigenvalue weighted by molar-refractivity contribution is 6.21. The summed E-state index contributed by atoms with van der Waals surface area (Å²) >= 11 is 6.30. The van der Waals surface area contributed by atoms with Crippen LogP contribution < -0.4 is 0 Å². The molecule has 2 rings (SSSR count). The Morgan fingerprint density at radius 1 is 1.27 bits per heavy atom. The van der Waals surface area contributed by atoms with Gasteiger partial charge in [0.2, 0.25) is 0 Å². The van der Waals surface area contributed by atoms with E-state index in [0.717, 1.165) is 11.5 Å². The molecule has 78 valence electrons. The molecule has 0 bridgehead atoms. The summed E-state index contributed by atoms with van der Waals surface area (Å²) < 4.78 is 5.28. The molecule has 2 aromatic rings. The minimum atomic E-state index is -0.171. The Labute approximate surface area is 93.9 Å². The molecule has 0 aliphatic rings. The topological polar surface area (TPSA) is 26.0 Å². The fourth-order valence-electron chi connectivity index (χ4n) is 1.49. The van der Waals surface area contributed by atoms with Gasteiger partial charge < -0.3 is 4.42 Å². The first kappa shape index (κ1) is 10.2. The molecule has 2 nitrogen and oxygen atoms in total. The van der Waals surface area contributed by atoms with Gasteiger partial charge in [0.05, 0.1) is 11.6 Å². The molecule has 0 saturated carbocycles. The lowest BCUT2D eigenvalue weighted by Gasteiger charge is -2.14. The summed E-state index contributed by atoms with van der Waals surface area (Å²) in [6.07, 6.45) is 3.41.